The Morgan fingerprint density at radius 2 is 1.41 bits per heavy atom. The Kier molecular flexibility index (Phi) is 6.34. The smallest absolute Gasteiger partial charge is 0.339 e. The van der Waals surface area contributed by atoms with Crippen LogP contribution in [-0.4, -0.2) is 58.7 Å². The van der Waals surface area contributed by atoms with Gasteiger partial charge in [-0.2, -0.15) is 18.6 Å². The summed E-state index contributed by atoms with van der Waals surface area (Å²) in [5.74, 6) is -1.64. The summed E-state index contributed by atoms with van der Waals surface area (Å²) < 4.78 is 31.4. The van der Waals surface area contributed by atoms with E-state index in [0.29, 0.717) is 16.5 Å². The molecule has 3 aromatic carbocycles. The average Bonchev–Trinajstić information content (AvgIpc) is 2.59. The molecule has 133 valence electrons. The normalized spacial score (nSPS) is 11.4. The fraction of sp³-hybridized carbons (Fsp3) is 0. The van der Waals surface area contributed by atoms with E-state index in [-0.39, 0.29) is 51.5 Å². The first-order valence-electron chi connectivity index (χ1n) is 7.23. The van der Waals surface area contributed by atoms with Crippen LogP contribution in [0.2, 0.25) is 0 Å². The summed E-state index contributed by atoms with van der Waals surface area (Å²) in [4.78, 5) is 10.8. The van der Waals surface area contributed by atoms with Crippen molar-refractivity contribution in [3.63, 3.8) is 0 Å². The van der Waals surface area contributed by atoms with Gasteiger partial charge in [-0.3, -0.25) is 4.55 Å². The quantitative estimate of drug-likeness (QED) is 0.351. The van der Waals surface area contributed by atoms with Gasteiger partial charge in [0.15, 0.2) is 0 Å². The second-order valence-corrected chi connectivity index (χ2v) is 6.80. The molecule has 0 atom stereocenters. The van der Waals surface area contributed by atoms with Gasteiger partial charge in [0.2, 0.25) is 0 Å². The molecule has 0 spiro atoms. The first kappa shape index (κ1) is 21.0. The minimum Gasteiger partial charge on any atom is -0.507 e. The first-order chi connectivity index (χ1) is 12.2. The van der Waals surface area contributed by atoms with Crippen LogP contribution in [0.25, 0.3) is 10.8 Å². The maximum atomic E-state index is 11.2. The number of benzene rings is 3. The van der Waals surface area contributed by atoms with Gasteiger partial charge in [-0.25, -0.2) is 4.79 Å². The second kappa shape index (κ2) is 8.15. The van der Waals surface area contributed by atoms with E-state index in [2.05, 4.69) is 10.2 Å². The molecule has 0 aromatic heterocycles. The molecule has 0 unspecified atom stereocenters. The van der Waals surface area contributed by atoms with Gasteiger partial charge in [0.05, 0.1) is 16.3 Å². The summed E-state index contributed by atoms with van der Waals surface area (Å²) in [6, 6.07) is 12.9. The van der Waals surface area contributed by atoms with Crippen molar-refractivity contribution < 1.29 is 28.0 Å². The average molecular weight is 395 g/mol. The topological polar surface area (TPSA) is 137 Å². The molecule has 8 nitrogen and oxygen atoms in total. The summed E-state index contributed by atoms with van der Waals surface area (Å²) in [6.07, 6.45) is 0. The predicted octanol–water partition coefficient (Wildman–Crippen LogP) is 3.52. The number of phenols is 1. The van der Waals surface area contributed by atoms with E-state index in [9.17, 15) is 18.3 Å². The molecule has 0 aliphatic carbocycles. The van der Waals surface area contributed by atoms with Crippen molar-refractivity contribution in [2.75, 3.05) is 0 Å². The largest absolute Gasteiger partial charge is 0.507 e. The molecule has 3 N–H and O–H groups in total. The third-order valence-electron chi connectivity index (χ3n) is 3.58. The molecule has 0 saturated heterocycles. The van der Waals surface area contributed by atoms with Crippen LogP contribution in [0.5, 0.6) is 5.75 Å². The van der Waals surface area contributed by atoms with E-state index in [1.807, 2.05) is 0 Å². The van der Waals surface area contributed by atoms with Crippen molar-refractivity contribution in [1.29, 1.82) is 0 Å². The number of carboxylic acids is 1. The Morgan fingerprint density at radius 1 is 0.852 bits per heavy atom. The number of rotatable bonds is 4. The fourth-order valence-electron chi connectivity index (χ4n) is 2.31. The second-order valence-electron chi connectivity index (χ2n) is 5.37. The van der Waals surface area contributed by atoms with Crippen LogP contribution in [0.15, 0.2) is 69.7 Å². The zero-order valence-corrected chi connectivity index (χ0v) is 16.9. The fourth-order valence-corrected chi connectivity index (χ4v) is 2.82. The molecule has 3 aromatic rings. The Hall–Kier alpha value is -2.30. The zero-order chi connectivity index (χ0) is 18.9. The molecule has 0 amide bonds. The predicted molar refractivity (Wildman–Crippen MR) is 98.8 cm³/mol. The number of carboxylic acid groups (broad SMARTS) is 1. The Bertz CT molecular complexity index is 1160. The number of azo groups is 1. The third-order valence-corrected chi connectivity index (χ3v) is 4.43. The van der Waals surface area contributed by atoms with Crippen molar-refractivity contribution in [2.24, 2.45) is 10.2 Å². The molecule has 10 heteroatoms. The molecule has 0 aliphatic rings. The summed E-state index contributed by atoms with van der Waals surface area (Å²) in [7, 11) is -4.28. The Labute approximate surface area is 176 Å². The van der Waals surface area contributed by atoms with Gasteiger partial charge in [-0.05, 0) is 53.2 Å². The van der Waals surface area contributed by atoms with E-state index in [1.165, 1.54) is 36.4 Å². The molecule has 0 fully saturated rings. The van der Waals surface area contributed by atoms with Crippen LogP contribution < -0.4 is 0 Å². The SMILES string of the molecule is O=C(O)c1cc(N=Nc2ccc3cc(S(=O)(=O)O)ccc3c2)ccc1O.[Na]. The van der Waals surface area contributed by atoms with Crippen LogP contribution in [0.1, 0.15) is 10.4 Å². The molecule has 0 bridgehead atoms. The summed E-state index contributed by atoms with van der Waals surface area (Å²) >= 11 is 0. The zero-order valence-electron chi connectivity index (χ0n) is 14.1. The molecular formula is C17H12N2NaO6S. The van der Waals surface area contributed by atoms with Crippen molar-refractivity contribution in [2.45, 2.75) is 4.90 Å². The number of hydrogen-bond acceptors (Lipinski definition) is 6. The van der Waals surface area contributed by atoms with Gasteiger partial charge in [-0.1, -0.05) is 12.1 Å². The van der Waals surface area contributed by atoms with E-state index in [0.717, 1.165) is 0 Å². The summed E-state index contributed by atoms with van der Waals surface area (Å²) in [5, 5.41) is 27.7. The van der Waals surface area contributed by atoms with Crippen molar-refractivity contribution in [3.8, 4) is 5.75 Å². The monoisotopic (exact) mass is 395 g/mol. The molecule has 27 heavy (non-hydrogen) atoms. The van der Waals surface area contributed by atoms with E-state index >= 15 is 0 Å². The number of carbonyl (C=O) groups is 1. The standard InChI is InChI=1S/C17H12N2O6S.Na/c20-16-6-4-13(9-15(16)17(21)22)19-18-12-3-1-11-8-14(26(23,24)25)5-2-10(11)7-12;/h1-9,20H,(H,21,22)(H,23,24,25);. The van der Waals surface area contributed by atoms with Gasteiger partial charge in [0, 0.05) is 29.6 Å². The number of nitrogens with zero attached hydrogens (tertiary/aromatic N) is 2. The van der Waals surface area contributed by atoms with Gasteiger partial charge in [0.25, 0.3) is 10.1 Å². The molecule has 0 aliphatic heterocycles. The molecular weight excluding hydrogens is 383 g/mol. The number of fused-ring (bicyclic) bond motifs is 1. The Morgan fingerprint density at radius 3 is 2.04 bits per heavy atom. The molecule has 1 radical (unpaired) electrons. The minimum absolute atomic E-state index is 0. The van der Waals surface area contributed by atoms with Crippen molar-refractivity contribution >= 4 is 67.8 Å². The van der Waals surface area contributed by atoms with Gasteiger partial charge in [0.1, 0.15) is 11.3 Å². The number of hydrogen-bond donors (Lipinski definition) is 3. The summed E-state index contributed by atoms with van der Waals surface area (Å²) in [6.45, 7) is 0. The minimum atomic E-state index is -4.28. The van der Waals surface area contributed by atoms with Crippen LogP contribution in [0.4, 0.5) is 11.4 Å². The van der Waals surface area contributed by atoms with E-state index in [4.69, 9.17) is 9.66 Å². The van der Waals surface area contributed by atoms with Crippen molar-refractivity contribution in [1.82, 2.24) is 0 Å². The van der Waals surface area contributed by atoms with Crippen molar-refractivity contribution in [3.05, 3.63) is 60.2 Å². The first-order valence-corrected chi connectivity index (χ1v) is 8.67. The number of aromatic hydroxyl groups is 1. The van der Waals surface area contributed by atoms with Crippen LogP contribution in [0.3, 0.4) is 0 Å². The molecule has 0 heterocycles. The molecule has 3 rings (SSSR count). The van der Waals surface area contributed by atoms with Gasteiger partial charge >= 0.3 is 5.97 Å². The van der Waals surface area contributed by atoms with Crippen LogP contribution in [-0.2, 0) is 10.1 Å². The summed E-state index contributed by atoms with van der Waals surface area (Å²) in [5.41, 5.74) is 0.432. The Balaban J connectivity index is 0.00000261. The van der Waals surface area contributed by atoms with E-state index < -0.39 is 16.1 Å². The molecule has 0 saturated carbocycles. The number of aromatic carboxylic acids is 1. The van der Waals surface area contributed by atoms with Gasteiger partial charge < -0.3 is 10.2 Å². The van der Waals surface area contributed by atoms with Crippen LogP contribution >= 0.6 is 0 Å². The maximum Gasteiger partial charge on any atom is 0.339 e. The van der Waals surface area contributed by atoms with Crippen LogP contribution in [0, 0.1) is 0 Å². The maximum absolute atomic E-state index is 11.2. The van der Waals surface area contributed by atoms with Gasteiger partial charge in [-0.15, -0.1) is 0 Å². The van der Waals surface area contributed by atoms with E-state index in [1.54, 1.807) is 18.2 Å². The third kappa shape index (κ3) is 4.90.